The first kappa shape index (κ1) is 14.4. The molecule has 1 aliphatic rings. The predicted octanol–water partition coefficient (Wildman–Crippen LogP) is 3.64. The van der Waals surface area contributed by atoms with Crippen LogP contribution in [-0.4, -0.2) is 28.3 Å². The molecule has 4 nitrogen and oxygen atoms in total. The van der Waals surface area contributed by atoms with E-state index >= 15 is 0 Å². The Morgan fingerprint density at radius 3 is 3.05 bits per heavy atom. The third-order valence-electron chi connectivity index (χ3n) is 3.65. The van der Waals surface area contributed by atoms with Crippen LogP contribution in [-0.2, 0) is 0 Å². The summed E-state index contributed by atoms with van der Waals surface area (Å²) in [5.41, 5.74) is 1.80. The summed E-state index contributed by atoms with van der Waals surface area (Å²) in [6.07, 6.45) is 1.07. The Balaban J connectivity index is 1.82. The van der Waals surface area contributed by atoms with Crippen molar-refractivity contribution < 1.29 is 4.52 Å². The Hall–Kier alpha value is -1.59. The molecule has 0 spiro atoms. The zero-order chi connectivity index (χ0) is 14.8. The van der Waals surface area contributed by atoms with Crippen molar-refractivity contribution in [1.29, 1.82) is 0 Å². The molecule has 21 heavy (non-hydrogen) atoms. The fourth-order valence-corrected chi connectivity index (χ4v) is 2.98. The predicted molar refractivity (Wildman–Crippen MR) is 87.3 cm³/mol. The van der Waals surface area contributed by atoms with Gasteiger partial charge in [-0.3, -0.25) is 0 Å². The molecule has 6 heteroatoms. The lowest BCUT2D eigenvalue weighted by molar-refractivity contribution is 0.290. The van der Waals surface area contributed by atoms with E-state index < -0.39 is 0 Å². The lowest BCUT2D eigenvalue weighted by Crippen LogP contribution is -2.47. The van der Waals surface area contributed by atoms with E-state index in [1.165, 1.54) is 0 Å². The molecule has 1 fully saturated rings. The first-order valence-electron chi connectivity index (χ1n) is 6.92. The third kappa shape index (κ3) is 3.04. The van der Waals surface area contributed by atoms with Crippen LogP contribution >= 0.6 is 23.8 Å². The number of rotatable bonds is 3. The topological polar surface area (TPSA) is 41.3 Å². The Labute approximate surface area is 134 Å². The van der Waals surface area contributed by atoms with Crippen molar-refractivity contribution >= 4 is 28.9 Å². The number of hydrogen-bond acceptors (Lipinski definition) is 3. The molecule has 2 aromatic rings. The van der Waals surface area contributed by atoms with Crippen LogP contribution in [0.3, 0.4) is 0 Å². The van der Waals surface area contributed by atoms with Crippen molar-refractivity contribution in [2.45, 2.75) is 19.4 Å². The molecule has 1 N–H and O–H groups in total. The van der Waals surface area contributed by atoms with Crippen LogP contribution in [0, 0.1) is 0 Å². The van der Waals surface area contributed by atoms with Gasteiger partial charge in [-0.2, -0.15) is 0 Å². The fourth-order valence-electron chi connectivity index (χ4n) is 2.44. The van der Waals surface area contributed by atoms with Gasteiger partial charge in [-0.1, -0.05) is 28.9 Å². The quantitative estimate of drug-likeness (QED) is 0.874. The monoisotopic (exact) mass is 321 g/mol. The number of halogens is 1. The first-order valence-corrected chi connectivity index (χ1v) is 7.71. The summed E-state index contributed by atoms with van der Waals surface area (Å²) in [6.45, 7) is 3.96. The van der Waals surface area contributed by atoms with E-state index in [-0.39, 0.29) is 6.04 Å². The van der Waals surface area contributed by atoms with Gasteiger partial charge in [0, 0.05) is 29.7 Å². The molecule has 3 rings (SSSR count). The fraction of sp³-hybridized carbons (Fsp3) is 0.333. The second kappa shape index (κ2) is 6.03. The number of nitrogens with one attached hydrogen (secondary N) is 1. The van der Waals surface area contributed by atoms with E-state index in [1.807, 2.05) is 30.3 Å². The second-order valence-electron chi connectivity index (χ2n) is 5.08. The van der Waals surface area contributed by atoms with Crippen LogP contribution < -0.4 is 5.32 Å². The highest BCUT2D eigenvalue weighted by Crippen LogP contribution is 2.28. The molecule has 1 atom stereocenters. The molecular formula is C15H16ClN3OS. The highest BCUT2D eigenvalue weighted by molar-refractivity contribution is 7.80. The van der Waals surface area contributed by atoms with Crippen molar-refractivity contribution in [2.24, 2.45) is 0 Å². The smallest absolute Gasteiger partial charge is 0.169 e. The van der Waals surface area contributed by atoms with E-state index in [0.717, 1.165) is 41.6 Å². The van der Waals surface area contributed by atoms with Gasteiger partial charge in [0.2, 0.25) is 0 Å². The summed E-state index contributed by atoms with van der Waals surface area (Å²) in [7, 11) is 0. The van der Waals surface area contributed by atoms with Gasteiger partial charge in [0.15, 0.2) is 10.9 Å². The molecule has 1 aromatic heterocycles. The summed E-state index contributed by atoms with van der Waals surface area (Å²) in [6, 6.07) is 9.59. The van der Waals surface area contributed by atoms with E-state index in [1.54, 1.807) is 0 Å². The zero-order valence-electron chi connectivity index (χ0n) is 11.7. The minimum atomic E-state index is 0.0852. The van der Waals surface area contributed by atoms with E-state index in [2.05, 4.69) is 22.3 Å². The number of benzene rings is 1. The van der Waals surface area contributed by atoms with Gasteiger partial charge in [-0.05, 0) is 37.7 Å². The standard InChI is InChI=1S/C15H16ClN3OS/c1-10(19-7-3-6-17-15(19)21)13-9-14(20-18-13)11-4-2-5-12(16)8-11/h2,4-5,8-10H,3,6-7H2,1H3,(H,17,21)/t10-/m1/s1. The third-order valence-corrected chi connectivity index (χ3v) is 4.26. The lowest BCUT2D eigenvalue weighted by atomic mass is 10.1. The second-order valence-corrected chi connectivity index (χ2v) is 5.90. The minimum absolute atomic E-state index is 0.0852. The van der Waals surface area contributed by atoms with Gasteiger partial charge in [0.1, 0.15) is 5.69 Å². The maximum atomic E-state index is 6.01. The lowest BCUT2D eigenvalue weighted by Gasteiger charge is -2.34. The van der Waals surface area contributed by atoms with Gasteiger partial charge >= 0.3 is 0 Å². The number of hydrogen-bond donors (Lipinski definition) is 1. The Kier molecular flexibility index (Phi) is 4.12. The van der Waals surface area contributed by atoms with Crippen LogP contribution in [0.2, 0.25) is 5.02 Å². The Morgan fingerprint density at radius 2 is 2.29 bits per heavy atom. The van der Waals surface area contributed by atoms with Crippen LogP contribution in [0.1, 0.15) is 25.1 Å². The molecule has 1 saturated heterocycles. The number of nitrogens with zero attached hydrogens (tertiary/aromatic N) is 2. The highest BCUT2D eigenvalue weighted by atomic mass is 35.5. The van der Waals surface area contributed by atoms with E-state index in [0.29, 0.717) is 5.02 Å². The average Bonchev–Trinajstić information content (AvgIpc) is 2.97. The van der Waals surface area contributed by atoms with Gasteiger partial charge in [0.05, 0.1) is 6.04 Å². The van der Waals surface area contributed by atoms with Gasteiger partial charge in [-0.15, -0.1) is 0 Å². The van der Waals surface area contributed by atoms with Gasteiger partial charge in [0.25, 0.3) is 0 Å². The summed E-state index contributed by atoms with van der Waals surface area (Å²) < 4.78 is 5.45. The zero-order valence-corrected chi connectivity index (χ0v) is 13.2. The van der Waals surface area contributed by atoms with Crippen molar-refractivity contribution in [1.82, 2.24) is 15.4 Å². The Morgan fingerprint density at radius 1 is 1.43 bits per heavy atom. The van der Waals surface area contributed by atoms with Crippen molar-refractivity contribution in [3.63, 3.8) is 0 Å². The van der Waals surface area contributed by atoms with Crippen LogP contribution in [0.5, 0.6) is 0 Å². The first-order chi connectivity index (χ1) is 10.1. The molecule has 110 valence electrons. The van der Waals surface area contributed by atoms with E-state index in [4.69, 9.17) is 28.3 Å². The molecule has 0 bridgehead atoms. The van der Waals surface area contributed by atoms with Gasteiger partial charge < -0.3 is 14.7 Å². The normalized spacial score (nSPS) is 16.7. The molecule has 1 aromatic carbocycles. The molecule has 0 aliphatic carbocycles. The highest BCUT2D eigenvalue weighted by Gasteiger charge is 2.24. The summed E-state index contributed by atoms with van der Waals surface area (Å²) in [5, 5.41) is 8.85. The number of aromatic nitrogens is 1. The van der Waals surface area contributed by atoms with Crippen molar-refractivity contribution in [2.75, 3.05) is 13.1 Å². The Bertz CT molecular complexity index is 658. The van der Waals surface area contributed by atoms with Crippen molar-refractivity contribution in [3.05, 3.63) is 41.0 Å². The van der Waals surface area contributed by atoms with Crippen LogP contribution in [0.4, 0.5) is 0 Å². The maximum Gasteiger partial charge on any atom is 0.169 e. The van der Waals surface area contributed by atoms with Gasteiger partial charge in [-0.25, -0.2) is 0 Å². The minimum Gasteiger partial charge on any atom is -0.362 e. The average molecular weight is 322 g/mol. The van der Waals surface area contributed by atoms with E-state index in [9.17, 15) is 0 Å². The molecule has 0 unspecified atom stereocenters. The summed E-state index contributed by atoms with van der Waals surface area (Å²) >= 11 is 11.4. The SMILES string of the molecule is C[C@H](c1cc(-c2cccc(Cl)c2)on1)N1CCCNC1=S. The summed E-state index contributed by atoms with van der Waals surface area (Å²) in [5.74, 6) is 0.718. The molecule has 0 saturated carbocycles. The number of thiocarbonyl (C=S) groups is 1. The van der Waals surface area contributed by atoms with Crippen LogP contribution in [0.15, 0.2) is 34.9 Å². The van der Waals surface area contributed by atoms with Crippen molar-refractivity contribution in [3.8, 4) is 11.3 Å². The summed E-state index contributed by atoms with van der Waals surface area (Å²) in [4.78, 5) is 2.14. The van der Waals surface area contributed by atoms with Crippen LogP contribution in [0.25, 0.3) is 11.3 Å². The molecule has 2 heterocycles. The molecule has 1 aliphatic heterocycles. The molecule has 0 amide bonds. The largest absolute Gasteiger partial charge is 0.362 e. The molecular weight excluding hydrogens is 306 g/mol. The molecule has 0 radical (unpaired) electrons. The maximum absolute atomic E-state index is 6.01.